The van der Waals surface area contributed by atoms with Gasteiger partial charge in [-0.3, -0.25) is 0 Å². The molecule has 3 nitrogen and oxygen atoms in total. The molecule has 2 aromatic carbocycles. The topological polar surface area (TPSA) is 30.5 Å². The molecule has 0 aliphatic carbocycles. The van der Waals surface area contributed by atoms with Gasteiger partial charge in [0.2, 0.25) is 0 Å². The van der Waals surface area contributed by atoms with Crippen LogP contribution in [0.2, 0.25) is 0 Å². The predicted octanol–water partition coefficient (Wildman–Crippen LogP) is 3.00. The fourth-order valence-electron chi connectivity index (χ4n) is 2.39. The van der Waals surface area contributed by atoms with Crippen molar-refractivity contribution in [3.8, 4) is 16.9 Å². The van der Waals surface area contributed by atoms with Crippen molar-refractivity contribution >= 4 is 0 Å². The van der Waals surface area contributed by atoms with Crippen molar-refractivity contribution in [1.82, 2.24) is 5.32 Å². The molecule has 2 aromatic rings. The minimum atomic E-state index is -0.359. The maximum Gasteiger partial charge on any atom is 0.127 e. The van der Waals surface area contributed by atoms with Gasteiger partial charge < -0.3 is 14.8 Å². The van der Waals surface area contributed by atoms with Crippen LogP contribution in [0.5, 0.6) is 5.75 Å². The van der Waals surface area contributed by atoms with Crippen molar-refractivity contribution in [1.29, 1.82) is 0 Å². The van der Waals surface area contributed by atoms with Crippen LogP contribution in [0.1, 0.15) is 0 Å². The molecule has 0 bridgehead atoms. The highest BCUT2D eigenvalue weighted by atomic mass is 19.1. The summed E-state index contributed by atoms with van der Waals surface area (Å²) in [5.74, 6) is -0.131. The summed E-state index contributed by atoms with van der Waals surface area (Å²) in [6.45, 7) is 2.61. The summed E-state index contributed by atoms with van der Waals surface area (Å²) in [4.78, 5) is 0. The largest absolute Gasteiger partial charge is 0.490 e. The Morgan fingerprint density at radius 1 is 1.09 bits per heavy atom. The van der Waals surface area contributed by atoms with Crippen LogP contribution in [0.3, 0.4) is 0 Å². The van der Waals surface area contributed by atoms with Gasteiger partial charge in [-0.2, -0.15) is 0 Å². The molecule has 0 saturated carbocycles. The quantitative estimate of drug-likeness (QED) is 0.942. The first-order chi connectivity index (χ1) is 10.7. The Morgan fingerprint density at radius 3 is 2.59 bits per heavy atom. The highest BCUT2D eigenvalue weighted by Gasteiger charge is 2.15. The lowest BCUT2D eigenvalue weighted by Crippen LogP contribution is -2.41. The van der Waals surface area contributed by atoms with Crippen molar-refractivity contribution < 1.29 is 18.3 Å². The van der Waals surface area contributed by atoms with E-state index in [0.29, 0.717) is 30.1 Å². The highest BCUT2D eigenvalue weighted by Crippen LogP contribution is 2.31. The van der Waals surface area contributed by atoms with Crippen LogP contribution >= 0.6 is 0 Å². The summed E-state index contributed by atoms with van der Waals surface area (Å²) in [6.07, 6.45) is -0.0279. The molecule has 0 aromatic heterocycles. The van der Waals surface area contributed by atoms with E-state index in [1.165, 1.54) is 24.3 Å². The van der Waals surface area contributed by atoms with Gasteiger partial charge in [0.25, 0.3) is 0 Å². The standard InChI is InChI=1S/C17H17F2NO2/c18-13-3-1-12(2-4-13)16-9-14(19)5-6-17(16)22-11-15-10-20-7-8-21-15/h1-6,9,15,20H,7-8,10-11H2/t15-/m0/s1. The number of morpholine rings is 1. The number of rotatable bonds is 4. The first kappa shape index (κ1) is 14.9. The summed E-state index contributed by atoms with van der Waals surface area (Å²) < 4.78 is 38.0. The number of hydrogen-bond acceptors (Lipinski definition) is 3. The average molecular weight is 305 g/mol. The molecule has 1 heterocycles. The predicted molar refractivity (Wildman–Crippen MR) is 79.9 cm³/mol. The van der Waals surface area contributed by atoms with Crippen LogP contribution in [0, 0.1) is 11.6 Å². The molecule has 1 fully saturated rings. The zero-order valence-electron chi connectivity index (χ0n) is 12.0. The van der Waals surface area contributed by atoms with Crippen LogP contribution in [0.4, 0.5) is 8.78 Å². The average Bonchev–Trinajstić information content (AvgIpc) is 2.55. The molecule has 0 spiro atoms. The number of hydrogen-bond donors (Lipinski definition) is 1. The van der Waals surface area contributed by atoms with E-state index in [1.807, 2.05) is 0 Å². The Morgan fingerprint density at radius 2 is 1.86 bits per heavy atom. The monoisotopic (exact) mass is 305 g/mol. The fourth-order valence-corrected chi connectivity index (χ4v) is 2.39. The lowest BCUT2D eigenvalue weighted by molar-refractivity contribution is 0.000306. The van der Waals surface area contributed by atoms with Crippen LogP contribution in [0.15, 0.2) is 42.5 Å². The summed E-state index contributed by atoms with van der Waals surface area (Å²) in [6, 6.07) is 10.2. The van der Waals surface area contributed by atoms with E-state index in [4.69, 9.17) is 9.47 Å². The Balaban J connectivity index is 1.79. The molecule has 1 atom stereocenters. The van der Waals surface area contributed by atoms with E-state index >= 15 is 0 Å². The van der Waals surface area contributed by atoms with Crippen molar-refractivity contribution in [2.24, 2.45) is 0 Å². The van der Waals surface area contributed by atoms with E-state index in [-0.39, 0.29) is 17.7 Å². The SMILES string of the molecule is Fc1ccc(-c2cc(F)ccc2OC[C@@H]2CNCCO2)cc1. The van der Waals surface area contributed by atoms with Crippen LogP contribution in [-0.4, -0.2) is 32.4 Å². The molecule has 1 aliphatic heterocycles. The lowest BCUT2D eigenvalue weighted by atomic mass is 10.0. The number of ether oxygens (including phenoxy) is 2. The van der Waals surface area contributed by atoms with Gasteiger partial charge in [0, 0.05) is 18.7 Å². The van der Waals surface area contributed by atoms with Gasteiger partial charge in [-0.25, -0.2) is 8.78 Å². The Kier molecular flexibility index (Phi) is 4.65. The minimum absolute atomic E-state index is 0.0279. The summed E-state index contributed by atoms with van der Waals surface area (Å²) in [7, 11) is 0. The summed E-state index contributed by atoms with van der Waals surface area (Å²) in [5, 5.41) is 3.23. The molecule has 0 amide bonds. The molecule has 1 N–H and O–H groups in total. The third-order valence-electron chi connectivity index (χ3n) is 3.53. The van der Waals surface area contributed by atoms with E-state index < -0.39 is 0 Å². The molecule has 1 saturated heterocycles. The van der Waals surface area contributed by atoms with Gasteiger partial charge in [-0.1, -0.05) is 12.1 Å². The first-order valence-corrected chi connectivity index (χ1v) is 7.23. The second kappa shape index (κ2) is 6.85. The van der Waals surface area contributed by atoms with Crippen molar-refractivity contribution in [3.63, 3.8) is 0 Å². The fraction of sp³-hybridized carbons (Fsp3) is 0.294. The second-order valence-electron chi connectivity index (χ2n) is 5.16. The second-order valence-corrected chi connectivity index (χ2v) is 5.16. The van der Waals surface area contributed by atoms with Gasteiger partial charge in [0.1, 0.15) is 30.1 Å². The van der Waals surface area contributed by atoms with Crippen LogP contribution in [-0.2, 0) is 4.74 Å². The molecular formula is C17H17F2NO2. The third kappa shape index (κ3) is 3.61. The molecule has 22 heavy (non-hydrogen) atoms. The first-order valence-electron chi connectivity index (χ1n) is 7.23. The molecule has 5 heteroatoms. The smallest absolute Gasteiger partial charge is 0.127 e. The van der Waals surface area contributed by atoms with Crippen LogP contribution < -0.4 is 10.1 Å². The third-order valence-corrected chi connectivity index (χ3v) is 3.53. The molecular weight excluding hydrogens is 288 g/mol. The molecule has 3 rings (SSSR count). The van der Waals surface area contributed by atoms with Gasteiger partial charge in [-0.15, -0.1) is 0 Å². The molecule has 0 unspecified atom stereocenters. The maximum atomic E-state index is 13.5. The zero-order valence-corrected chi connectivity index (χ0v) is 12.0. The lowest BCUT2D eigenvalue weighted by Gasteiger charge is -2.24. The Bertz CT molecular complexity index is 625. The highest BCUT2D eigenvalue weighted by molar-refractivity contribution is 5.70. The normalized spacial score (nSPS) is 18.2. The zero-order chi connectivity index (χ0) is 15.4. The van der Waals surface area contributed by atoms with Gasteiger partial charge in [0.15, 0.2) is 0 Å². The number of benzene rings is 2. The van der Waals surface area contributed by atoms with E-state index in [9.17, 15) is 8.78 Å². The van der Waals surface area contributed by atoms with E-state index in [2.05, 4.69) is 5.32 Å². The van der Waals surface area contributed by atoms with Gasteiger partial charge in [0.05, 0.1) is 6.61 Å². The summed E-state index contributed by atoms with van der Waals surface area (Å²) in [5.41, 5.74) is 1.31. The van der Waals surface area contributed by atoms with Gasteiger partial charge in [-0.05, 0) is 35.9 Å². The minimum Gasteiger partial charge on any atom is -0.490 e. The molecule has 116 valence electrons. The van der Waals surface area contributed by atoms with Crippen molar-refractivity contribution in [2.75, 3.05) is 26.3 Å². The van der Waals surface area contributed by atoms with Crippen molar-refractivity contribution in [3.05, 3.63) is 54.1 Å². The molecule has 0 radical (unpaired) electrons. The van der Waals surface area contributed by atoms with E-state index in [0.717, 1.165) is 13.1 Å². The number of nitrogens with one attached hydrogen (secondary N) is 1. The summed E-state index contributed by atoms with van der Waals surface area (Å²) >= 11 is 0. The molecule has 1 aliphatic rings. The van der Waals surface area contributed by atoms with E-state index in [1.54, 1.807) is 18.2 Å². The van der Waals surface area contributed by atoms with Crippen LogP contribution in [0.25, 0.3) is 11.1 Å². The van der Waals surface area contributed by atoms with Gasteiger partial charge >= 0.3 is 0 Å². The number of halogens is 2. The maximum absolute atomic E-state index is 13.5. The Hall–Kier alpha value is -1.98. The Labute approximate surface area is 127 Å². The van der Waals surface area contributed by atoms with Crippen molar-refractivity contribution in [2.45, 2.75) is 6.10 Å².